The lowest BCUT2D eigenvalue weighted by molar-refractivity contribution is -0.247. The van der Waals surface area contributed by atoms with Crippen molar-refractivity contribution in [2.24, 2.45) is 0 Å². The predicted octanol–water partition coefficient (Wildman–Crippen LogP) is 1.09. The van der Waals surface area contributed by atoms with Crippen LogP contribution in [0.2, 0.25) is 0 Å². The number of rotatable bonds is 8. The molecule has 0 heterocycles. The summed E-state index contributed by atoms with van der Waals surface area (Å²) < 4.78 is 136. The van der Waals surface area contributed by atoms with Gasteiger partial charge in [-0.1, -0.05) is 18.2 Å². The minimum atomic E-state index is -7.17. The van der Waals surface area contributed by atoms with Crippen molar-refractivity contribution in [1.29, 1.82) is 0 Å². The number of hydrogen-bond acceptors (Lipinski definition) is 7. The maximum Gasteiger partial charge on any atom is 0.450 e. The van der Waals surface area contributed by atoms with E-state index in [0.717, 1.165) is 18.2 Å². The van der Waals surface area contributed by atoms with E-state index in [0.29, 0.717) is 0 Å². The van der Waals surface area contributed by atoms with Gasteiger partial charge in [-0.2, -0.15) is 43.2 Å². The summed E-state index contributed by atoms with van der Waals surface area (Å²) in [5, 5.41) is 4.25. The molecule has 16 heteroatoms. The van der Waals surface area contributed by atoms with Crippen LogP contribution in [0.1, 0.15) is 11.1 Å². The van der Waals surface area contributed by atoms with Crippen LogP contribution >= 0.6 is 0 Å². The Balaban J connectivity index is 3.56. The summed E-state index contributed by atoms with van der Waals surface area (Å²) in [4.78, 5) is 0. The largest absolute Gasteiger partial charge is 0.450 e. The second-order valence-corrected chi connectivity index (χ2v) is 7.89. The van der Waals surface area contributed by atoms with Crippen LogP contribution in [0.4, 0.5) is 26.3 Å². The maximum atomic E-state index is 13.7. The molecule has 0 amide bonds. The fourth-order valence-corrected chi connectivity index (χ4v) is 3.14. The Labute approximate surface area is 147 Å². The van der Waals surface area contributed by atoms with Gasteiger partial charge in [-0.15, -0.1) is 0 Å². The first-order valence-electron chi connectivity index (χ1n) is 6.35. The third kappa shape index (κ3) is 3.71. The molecular weight excluding hydrogens is 438 g/mol. The lowest BCUT2D eigenvalue weighted by Gasteiger charge is -2.30. The van der Waals surface area contributed by atoms with Gasteiger partial charge in [0.05, 0.1) is 13.2 Å². The summed E-state index contributed by atoms with van der Waals surface area (Å²) in [6, 6.07) is 2.82. The zero-order valence-corrected chi connectivity index (χ0v) is 14.2. The highest BCUT2D eigenvalue weighted by molar-refractivity contribution is 7.88. The molecule has 156 valence electrons. The number of alkyl halides is 6. The van der Waals surface area contributed by atoms with Crippen molar-refractivity contribution in [2.45, 2.75) is 29.6 Å². The van der Waals surface area contributed by atoms with Crippen LogP contribution in [0, 0.1) is 0 Å². The third-order valence-electron chi connectivity index (χ3n) is 3.08. The molecule has 0 saturated carbocycles. The van der Waals surface area contributed by atoms with E-state index in [9.17, 15) is 43.2 Å². The molecule has 3 N–H and O–H groups in total. The summed E-state index contributed by atoms with van der Waals surface area (Å²) in [5.41, 5.74) is -1.21. The van der Waals surface area contributed by atoms with Crippen LogP contribution in [0.5, 0.6) is 5.75 Å². The van der Waals surface area contributed by atoms with Gasteiger partial charge in [-0.25, -0.2) is 0 Å². The Morgan fingerprint density at radius 1 is 0.852 bits per heavy atom. The van der Waals surface area contributed by atoms with E-state index in [1.165, 1.54) is 0 Å². The van der Waals surface area contributed by atoms with E-state index < -0.39 is 66.8 Å². The normalized spacial score (nSPS) is 14.3. The van der Waals surface area contributed by atoms with Crippen LogP contribution in [-0.4, -0.2) is 48.0 Å². The van der Waals surface area contributed by atoms with Crippen molar-refractivity contribution < 1.29 is 62.1 Å². The minimum absolute atomic E-state index is 0.606. The first kappa shape index (κ1) is 23.4. The molecule has 1 rings (SSSR count). The summed E-state index contributed by atoms with van der Waals surface area (Å²) in [6.07, 6.45) is 0. The molecule has 0 aliphatic heterocycles. The van der Waals surface area contributed by atoms with Crippen LogP contribution in [0.3, 0.4) is 0 Å². The Kier molecular flexibility index (Phi) is 6.14. The van der Waals surface area contributed by atoms with Gasteiger partial charge in [0.25, 0.3) is 0 Å². The van der Waals surface area contributed by atoms with Crippen molar-refractivity contribution in [3.63, 3.8) is 0 Å². The molecule has 0 fully saturated rings. The predicted molar refractivity (Wildman–Crippen MR) is 74.2 cm³/mol. The van der Waals surface area contributed by atoms with Gasteiger partial charge in [-0.3, -0.25) is 4.55 Å². The zero-order valence-electron chi connectivity index (χ0n) is 12.6. The minimum Gasteiger partial charge on any atom is -0.392 e. The molecule has 1 aromatic carbocycles. The Morgan fingerprint density at radius 3 is 1.59 bits per heavy atom. The van der Waals surface area contributed by atoms with Crippen LogP contribution in [0.25, 0.3) is 0 Å². The van der Waals surface area contributed by atoms with E-state index in [1.54, 1.807) is 0 Å². The summed E-state index contributed by atoms with van der Waals surface area (Å²) in [7, 11) is -14.2. The van der Waals surface area contributed by atoms with Gasteiger partial charge in [0, 0.05) is 11.1 Å². The molecule has 0 aliphatic rings. The third-order valence-corrected chi connectivity index (χ3v) is 5.26. The van der Waals surface area contributed by atoms with Gasteiger partial charge in [0.15, 0.2) is 5.75 Å². The number of aliphatic hydroxyl groups excluding tert-OH is 2. The summed E-state index contributed by atoms with van der Waals surface area (Å²) >= 11 is 0. The monoisotopic (exact) mass is 448 g/mol. The molecule has 1 aromatic rings. The molecular formula is C11H10F6O8S2. The molecule has 0 atom stereocenters. The van der Waals surface area contributed by atoms with Crippen LogP contribution in [-0.2, 0) is 33.5 Å². The second kappa shape index (κ2) is 7.08. The maximum absolute atomic E-state index is 13.7. The highest BCUT2D eigenvalue weighted by atomic mass is 32.2. The van der Waals surface area contributed by atoms with E-state index in [1.807, 2.05) is 0 Å². The Bertz CT molecular complexity index is 891. The molecule has 0 radical (unpaired) electrons. The van der Waals surface area contributed by atoms with Crippen molar-refractivity contribution in [3.8, 4) is 5.75 Å². The van der Waals surface area contributed by atoms with Gasteiger partial charge < -0.3 is 14.4 Å². The molecule has 0 aromatic heterocycles. The number of halogens is 6. The van der Waals surface area contributed by atoms with Gasteiger partial charge in [0.1, 0.15) is 0 Å². The van der Waals surface area contributed by atoms with Crippen LogP contribution in [0.15, 0.2) is 18.2 Å². The molecule has 27 heavy (non-hydrogen) atoms. The Morgan fingerprint density at radius 2 is 1.26 bits per heavy atom. The van der Waals surface area contributed by atoms with Crippen molar-refractivity contribution >= 4 is 20.2 Å². The standard InChI is InChI=1S/C11H10F6O8S2/c12-9(13,10(14,15)26(20,21)22)11(16,17)27(23,24)25-8-6(4-18)2-1-3-7(8)5-19/h1-3,18-19H,4-5H2,(H,20,21,22). The highest BCUT2D eigenvalue weighted by Crippen LogP contribution is 2.51. The van der Waals surface area contributed by atoms with Crippen molar-refractivity contribution in [2.75, 3.05) is 0 Å². The molecule has 8 nitrogen and oxygen atoms in total. The van der Waals surface area contributed by atoms with Gasteiger partial charge in [0.2, 0.25) is 0 Å². The average molecular weight is 448 g/mol. The fraction of sp³-hybridized carbons (Fsp3) is 0.455. The number of para-hydroxylation sites is 1. The molecule has 0 spiro atoms. The number of aliphatic hydroxyl groups is 2. The van der Waals surface area contributed by atoms with Crippen molar-refractivity contribution in [1.82, 2.24) is 0 Å². The molecule has 0 saturated heterocycles. The molecule has 0 aliphatic carbocycles. The SMILES string of the molecule is O=S(=O)(O)C(F)(F)C(F)(F)C(F)(F)S(=O)(=O)Oc1c(CO)cccc1CO. The zero-order chi connectivity index (χ0) is 21.5. The fourth-order valence-electron chi connectivity index (χ4n) is 1.64. The molecule has 0 unspecified atom stereocenters. The first-order valence-corrected chi connectivity index (χ1v) is 9.19. The van der Waals surface area contributed by atoms with Crippen molar-refractivity contribution in [3.05, 3.63) is 29.3 Å². The lowest BCUT2D eigenvalue weighted by Crippen LogP contribution is -2.61. The topological polar surface area (TPSA) is 138 Å². The first-order chi connectivity index (χ1) is 12.0. The van der Waals surface area contributed by atoms with E-state index in [-0.39, 0.29) is 0 Å². The smallest absolute Gasteiger partial charge is 0.392 e. The Hall–Kier alpha value is -1.62. The van der Waals surface area contributed by atoms with E-state index in [4.69, 9.17) is 14.8 Å². The molecule has 0 bridgehead atoms. The number of benzene rings is 1. The summed E-state index contributed by atoms with van der Waals surface area (Å²) in [5.74, 6) is -8.42. The van der Waals surface area contributed by atoms with Crippen LogP contribution < -0.4 is 4.18 Å². The summed E-state index contributed by atoms with van der Waals surface area (Å²) in [6.45, 7) is -2.19. The highest BCUT2D eigenvalue weighted by Gasteiger charge is 2.83. The second-order valence-electron chi connectivity index (χ2n) is 4.84. The van der Waals surface area contributed by atoms with E-state index >= 15 is 0 Å². The van der Waals surface area contributed by atoms with Gasteiger partial charge >= 0.3 is 36.7 Å². The number of hydrogen-bond donors (Lipinski definition) is 3. The average Bonchev–Trinajstić information content (AvgIpc) is 2.53. The lowest BCUT2D eigenvalue weighted by atomic mass is 10.1. The van der Waals surface area contributed by atoms with E-state index in [2.05, 4.69) is 4.18 Å². The van der Waals surface area contributed by atoms with Gasteiger partial charge in [-0.05, 0) is 0 Å². The quantitative estimate of drug-likeness (QED) is 0.305.